The van der Waals surface area contributed by atoms with Crippen LogP contribution < -0.4 is 19.9 Å². The van der Waals surface area contributed by atoms with E-state index in [0.717, 1.165) is 39.1 Å². The van der Waals surface area contributed by atoms with Gasteiger partial charge >= 0.3 is 5.97 Å². The first kappa shape index (κ1) is 32.9. The van der Waals surface area contributed by atoms with Gasteiger partial charge in [0.15, 0.2) is 5.11 Å². The van der Waals surface area contributed by atoms with Crippen molar-refractivity contribution in [2.24, 2.45) is 0 Å². The monoisotopic (exact) mass is 643 g/mol. The van der Waals surface area contributed by atoms with Gasteiger partial charge in [-0.05, 0) is 99.7 Å². The second kappa shape index (κ2) is 15.7. The molecule has 0 aromatic heterocycles. The predicted octanol–water partition coefficient (Wildman–Crippen LogP) is 4.81. The van der Waals surface area contributed by atoms with Gasteiger partial charge in [-0.25, -0.2) is 4.79 Å². The molecule has 2 heterocycles. The first-order valence-corrected chi connectivity index (χ1v) is 16.3. The van der Waals surface area contributed by atoms with Gasteiger partial charge in [-0.2, -0.15) is 0 Å². The molecule has 2 fully saturated rings. The third-order valence-corrected chi connectivity index (χ3v) is 8.57. The summed E-state index contributed by atoms with van der Waals surface area (Å²) < 4.78 is 10.6. The molecule has 11 heteroatoms. The quantitative estimate of drug-likeness (QED) is 0.208. The molecule has 10 nitrogen and oxygen atoms in total. The summed E-state index contributed by atoms with van der Waals surface area (Å²) in [5.74, 6) is -0.271. The Hall–Kier alpha value is -4.48. The van der Waals surface area contributed by atoms with E-state index in [1.165, 1.54) is 10.6 Å². The van der Waals surface area contributed by atoms with Gasteiger partial charge in [0.25, 0.3) is 5.91 Å². The molecule has 1 atom stereocenters. The molecule has 46 heavy (non-hydrogen) atoms. The van der Waals surface area contributed by atoms with Gasteiger partial charge in [-0.1, -0.05) is 18.2 Å². The van der Waals surface area contributed by atoms with E-state index in [-0.39, 0.29) is 24.8 Å². The summed E-state index contributed by atoms with van der Waals surface area (Å²) in [5, 5.41) is 3.26. The Labute approximate surface area is 275 Å². The molecule has 2 amide bonds. The summed E-state index contributed by atoms with van der Waals surface area (Å²) in [7, 11) is 0. The van der Waals surface area contributed by atoms with Crippen molar-refractivity contribution in [2.45, 2.75) is 32.7 Å². The number of rotatable bonds is 13. The van der Waals surface area contributed by atoms with E-state index in [1.54, 1.807) is 55.5 Å². The van der Waals surface area contributed by atoms with Crippen molar-refractivity contribution in [2.75, 3.05) is 67.6 Å². The van der Waals surface area contributed by atoms with E-state index < -0.39 is 12.0 Å². The average molecular weight is 644 g/mol. The van der Waals surface area contributed by atoms with Crippen molar-refractivity contribution in [1.82, 2.24) is 9.80 Å². The van der Waals surface area contributed by atoms with Crippen LogP contribution in [0.15, 0.2) is 78.9 Å². The van der Waals surface area contributed by atoms with Crippen molar-refractivity contribution in [3.8, 4) is 5.75 Å². The molecule has 0 radical (unpaired) electrons. The van der Waals surface area contributed by atoms with Gasteiger partial charge in [0.1, 0.15) is 11.8 Å². The maximum Gasteiger partial charge on any atom is 0.338 e. The molecule has 2 aliphatic rings. The highest BCUT2D eigenvalue weighted by atomic mass is 32.1. The fraction of sp³-hybridized carbons (Fsp3) is 0.371. The van der Waals surface area contributed by atoms with E-state index in [4.69, 9.17) is 21.7 Å². The second-order valence-electron chi connectivity index (χ2n) is 11.2. The lowest BCUT2D eigenvalue weighted by atomic mass is 10.1. The lowest BCUT2D eigenvalue weighted by Gasteiger charge is -2.36. The zero-order valence-electron chi connectivity index (χ0n) is 26.4. The van der Waals surface area contributed by atoms with Crippen LogP contribution in [0.5, 0.6) is 5.75 Å². The Morgan fingerprint density at radius 2 is 1.54 bits per heavy atom. The van der Waals surface area contributed by atoms with E-state index in [1.807, 2.05) is 17.9 Å². The molecule has 0 unspecified atom stereocenters. The standard InChI is InChI=1S/C35H41N5O5S/c1-3-44-30-17-13-27(14-18-30)36-32(41)25-31-33(42)40(29-15-11-26(12-16-29)34(43)45-4-2)35(46)39(31)20-8-19-37-21-23-38(24-22-37)28-9-6-5-7-10-28/h5-7,9-18,31H,3-4,8,19-25H2,1-2H3,(H,36,41)/t31-/m1/s1. The second-order valence-corrected chi connectivity index (χ2v) is 11.5. The van der Waals surface area contributed by atoms with Crippen molar-refractivity contribution in [3.05, 3.63) is 84.4 Å². The zero-order chi connectivity index (χ0) is 32.5. The fourth-order valence-corrected chi connectivity index (χ4v) is 6.22. The van der Waals surface area contributed by atoms with Crippen molar-refractivity contribution < 1.29 is 23.9 Å². The first-order chi connectivity index (χ1) is 22.4. The molecular formula is C35H41N5O5S. The van der Waals surface area contributed by atoms with Crippen LogP contribution >= 0.6 is 12.2 Å². The van der Waals surface area contributed by atoms with Crippen LogP contribution in [0.4, 0.5) is 17.1 Å². The van der Waals surface area contributed by atoms with Crippen LogP contribution in [0.3, 0.4) is 0 Å². The Morgan fingerprint density at radius 1 is 0.848 bits per heavy atom. The minimum Gasteiger partial charge on any atom is -0.494 e. The number of piperazine rings is 1. The van der Waals surface area contributed by atoms with Crippen LogP contribution in [0, 0.1) is 0 Å². The summed E-state index contributed by atoms with van der Waals surface area (Å²) in [4.78, 5) is 47.4. The first-order valence-electron chi connectivity index (χ1n) is 15.8. The summed E-state index contributed by atoms with van der Waals surface area (Å²) in [6, 6.07) is 23.4. The minimum atomic E-state index is -0.755. The molecule has 0 spiro atoms. The highest BCUT2D eigenvalue weighted by Crippen LogP contribution is 2.28. The van der Waals surface area contributed by atoms with E-state index >= 15 is 0 Å². The molecule has 5 rings (SSSR count). The van der Waals surface area contributed by atoms with Crippen LogP contribution in [0.2, 0.25) is 0 Å². The lowest BCUT2D eigenvalue weighted by Crippen LogP contribution is -2.47. The number of nitrogens with zero attached hydrogens (tertiary/aromatic N) is 4. The number of anilines is 3. The van der Waals surface area contributed by atoms with Gasteiger partial charge in [0, 0.05) is 44.1 Å². The zero-order valence-corrected chi connectivity index (χ0v) is 27.2. The van der Waals surface area contributed by atoms with Crippen LogP contribution in [0.1, 0.15) is 37.0 Å². The number of carbonyl (C=O) groups excluding carboxylic acids is 3. The Bertz CT molecular complexity index is 1490. The van der Waals surface area contributed by atoms with Crippen molar-refractivity contribution in [3.63, 3.8) is 0 Å². The molecule has 2 aliphatic heterocycles. The molecule has 0 bridgehead atoms. The molecule has 1 N–H and O–H groups in total. The highest BCUT2D eigenvalue weighted by molar-refractivity contribution is 7.80. The van der Waals surface area contributed by atoms with E-state index in [0.29, 0.717) is 41.0 Å². The predicted molar refractivity (Wildman–Crippen MR) is 184 cm³/mol. The van der Waals surface area contributed by atoms with Gasteiger partial charge in [-0.15, -0.1) is 0 Å². The number of benzene rings is 3. The maximum absolute atomic E-state index is 13.9. The molecular weight excluding hydrogens is 602 g/mol. The molecule has 2 saturated heterocycles. The van der Waals surface area contributed by atoms with Crippen LogP contribution in [-0.2, 0) is 14.3 Å². The normalized spacial score (nSPS) is 16.9. The van der Waals surface area contributed by atoms with Crippen molar-refractivity contribution >= 4 is 52.2 Å². The highest BCUT2D eigenvalue weighted by Gasteiger charge is 2.44. The molecule has 0 aliphatic carbocycles. The van der Waals surface area contributed by atoms with Crippen molar-refractivity contribution in [1.29, 1.82) is 0 Å². The smallest absolute Gasteiger partial charge is 0.338 e. The number of para-hydroxylation sites is 1. The third-order valence-electron chi connectivity index (χ3n) is 8.15. The summed E-state index contributed by atoms with van der Waals surface area (Å²) in [5.41, 5.74) is 2.79. The van der Waals surface area contributed by atoms with Gasteiger partial charge in [0.2, 0.25) is 5.91 Å². The van der Waals surface area contributed by atoms with Crippen LogP contribution in [0.25, 0.3) is 0 Å². The van der Waals surface area contributed by atoms with Gasteiger partial charge in [-0.3, -0.25) is 19.4 Å². The minimum absolute atomic E-state index is 0.0562. The van der Waals surface area contributed by atoms with E-state index in [9.17, 15) is 14.4 Å². The largest absolute Gasteiger partial charge is 0.494 e. The third kappa shape index (κ3) is 8.02. The summed E-state index contributed by atoms with van der Waals surface area (Å²) >= 11 is 5.86. The number of ether oxygens (including phenoxy) is 2. The number of hydrogen-bond donors (Lipinski definition) is 1. The number of esters is 1. The Balaban J connectivity index is 1.25. The van der Waals surface area contributed by atoms with Crippen LogP contribution in [-0.4, -0.2) is 91.2 Å². The van der Waals surface area contributed by atoms with E-state index in [2.05, 4.69) is 39.4 Å². The van der Waals surface area contributed by atoms with Gasteiger partial charge in [0.05, 0.1) is 30.9 Å². The lowest BCUT2D eigenvalue weighted by molar-refractivity contribution is -0.124. The molecule has 3 aromatic carbocycles. The SMILES string of the molecule is CCOC(=O)c1ccc(N2C(=O)[C@@H](CC(=O)Nc3ccc(OCC)cc3)N(CCCN3CCN(c4ccccc4)CC3)C2=S)cc1. The Morgan fingerprint density at radius 3 is 2.20 bits per heavy atom. The Kier molecular flexibility index (Phi) is 11.2. The number of hydrogen-bond acceptors (Lipinski definition) is 8. The number of thiocarbonyl (C=S) groups is 1. The molecule has 242 valence electrons. The number of nitrogens with one attached hydrogen (secondary N) is 1. The number of carbonyl (C=O) groups is 3. The van der Waals surface area contributed by atoms with Gasteiger partial charge < -0.3 is 24.6 Å². The topological polar surface area (TPSA) is 94.7 Å². The summed E-state index contributed by atoms with van der Waals surface area (Å²) in [6.45, 7) is 9.68. The summed E-state index contributed by atoms with van der Waals surface area (Å²) in [6.07, 6.45) is 0.727. The fourth-order valence-electron chi connectivity index (χ4n) is 5.81. The maximum atomic E-state index is 13.9. The number of amides is 2. The molecule has 0 saturated carbocycles. The molecule has 3 aromatic rings. The average Bonchev–Trinajstić information content (AvgIpc) is 3.30.